The molecule has 2 heterocycles. The highest BCUT2D eigenvalue weighted by molar-refractivity contribution is 5.63. The number of ether oxygens (including phenoxy) is 1. The van der Waals surface area contributed by atoms with E-state index in [-0.39, 0.29) is 11.4 Å². The monoisotopic (exact) mass is 293 g/mol. The van der Waals surface area contributed by atoms with Gasteiger partial charge in [-0.15, -0.1) is 5.10 Å². The summed E-state index contributed by atoms with van der Waals surface area (Å²) >= 11 is 0. The van der Waals surface area contributed by atoms with Gasteiger partial charge in [0.15, 0.2) is 11.5 Å². The first kappa shape index (κ1) is 13.4. The second-order valence-corrected chi connectivity index (χ2v) is 4.32. The standard InChI is InChI=1S/C14H10F3N3O/c1-21-12-8-4-7-11-18-13(19-20(11)12)9-5-2-3-6-10(9)14(15,16)17/h2-8H,1H3. The van der Waals surface area contributed by atoms with Crippen molar-refractivity contribution in [2.24, 2.45) is 0 Å². The van der Waals surface area contributed by atoms with Crippen molar-refractivity contribution >= 4 is 5.65 Å². The lowest BCUT2D eigenvalue weighted by molar-refractivity contribution is -0.137. The van der Waals surface area contributed by atoms with E-state index in [4.69, 9.17) is 4.74 Å². The summed E-state index contributed by atoms with van der Waals surface area (Å²) in [5, 5.41) is 4.11. The van der Waals surface area contributed by atoms with Gasteiger partial charge in [-0.2, -0.15) is 17.7 Å². The zero-order valence-electron chi connectivity index (χ0n) is 10.9. The molecule has 0 spiro atoms. The predicted octanol–water partition coefficient (Wildman–Crippen LogP) is 3.42. The van der Waals surface area contributed by atoms with Crippen LogP contribution in [0.4, 0.5) is 13.2 Å². The Bertz CT molecular complexity index is 796. The number of rotatable bonds is 2. The average molecular weight is 293 g/mol. The van der Waals surface area contributed by atoms with E-state index >= 15 is 0 Å². The Morgan fingerprint density at radius 2 is 1.81 bits per heavy atom. The van der Waals surface area contributed by atoms with Crippen molar-refractivity contribution in [1.29, 1.82) is 0 Å². The molecule has 108 valence electrons. The number of hydrogen-bond donors (Lipinski definition) is 0. The van der Waals surface area contributed by atoms with Crippen molar-refractivity contribution in [3.05, 3.63) is 48.0 Å². The van der Waals surface area contributed by atoms with Crippen molar-refractivity contribution < 1.29 is 17.9 Å². The van der Waals surface area contributed by atoms with E-state index in [1.807, 2.05) is 0 Å². The van der Waals surface area contributed by atoms with Crippen LogP contribution in [-0.4, -0.2) is 21.7 Å². The maximum Gasteiger partial charge on any atom is 0.417 e. The molecule has 4 nitrogen and oxygen atoms in total. The van der Waals surface area contributed by atoms with Crippen LogP contribution in [0.1, 0.15) is 5.56 Å². The van der Waals surface area contributed by atoms with Crippen LogP contribution in [0.25, 0.3) is 17.0 Å². The minimum absolute atomic E-state index is 0.00688. The molecule has 1 aromatic carbocycles. The summed E-state index contributed by atoms with van der Waals surface area (Å²) in [6, 6.07) is 10.2. The van der Waals surface area contributed by atoms with Crippen LogP contribution in [0, 0.1) is 0 Å². The molecule has 2 aromatic heterocycles. The maximum atomic E-state index is 13.0. The molecule has 0 saturated heterocycles. The molecule has 0 radical (unpaired) electrons. The lowest BCUT2D eigenvalue weighted by Gasteiger charge is -2.09. The van der Waals surface area contributed by atoms with Crippen molar-refractivity contribution in [3.8, 4) is 17.3 Å². The van der Waals surface area contributed by atoms with Gasteiger partial charge in [0.05, 0.1) is 12.7 Å². The Hall–Kier alpha value is -2.57. The van der Waals surface area contributed by atoms with Crippen LogP contribution >= 0.6 is 0 Å². The van der Waals surface area contributed by atoms with E-state index < -0.39 is 11.7 Å². The van der Waals surface area contributed by atoms with Crippen molar-refractivity contribution in [2.75, 3.05) is 7.11 Å². The van der Waals surface area contributed by atoms with Crippen molar-refractivity contribution in [2.45, 2.75) is 6.18 Å². The van der Waals surface area contributed by atoms with Crippen LogP contribution in [0.5, 0.6) is 5.88 Å². The van der Waals surface area contributed by atoms with E-state index in [0.717, 1.165) is 6.07 Å². The number of pyridine rings is 1. The molecule has 0 amide bonds. The molecule has 21 heavy (non-hydrogen) atoms. The third-order valence-electron chi connectivity index (χ3n) is 3.01. The number of nitrogens with zero attached hydrogens (tertiary/aromatic N) is 3. The first-order valence-corrected chi connectivity index (χ1v) is 6.07. The van der Waals surface area contributed by atoms with Gasteiger partial charge in [0.25, 0.3) is 0 Å². The number of halogens is 3. The van der Waals surface area contributed by atoms with Crippen LogP contribution in [0.2, 0.25) is 0 Å². The van der Waals surface area contributed by atoms with E-state index in [2.05, 4.69) is 10.1 Å². The lowest BCUT2D eigenvalue weighted by atomic mass is 10.1. The molecule has 0 aliphatic heterocycles. The minimum atomic E-state index is -4.46. The van der Waals surface area contributed by atoms with Gasteiger partial charge in [0.1, 0.15) is 0 Å². The first-order valence-electron chi connectivity index (χ1n) is 6.07. The smallest absolute Gasteiger partial charge is 0.417 e. The third kappa shape index (κ3) is 2.31. The Kier molecular flexibility index (Phi) is 3.04. The summed E-state index contributed by atoms with van der Waals surface area (Å²) in [5.74, 6) is 0.406. The van der Waals surface area contributed by atoms with Crippen LogP contribution in [-0.2, 0) is 6.18 Å². The summed E-state index contributed by atoms with van der Waals surface area (Å²) in [7, 11) is 1.46. The van der Waals surface area contributed by atoms with Gasteiger partial charge in [0, 0.05) is 11.6 Å². The molecule has 3 rings (SSSR count). The van der Waals surface area contributed by atoms with Gasteiger partial charge < -0.3 is 4.74 Å². The quantitative estimate of drug-likeness (QED) is 0.726. The number of aromatic nitrogens is 3. The Morgan fingerprint density at radius 1 is 1.05 bits per heavy atom. The SMILES string of the molecule is COc1cccc2nc(-c3ccccc3C(F)(F)F)nn12. The summed E-state index contributed by atoms with van der Waals surface area (Å²) in [5.41, 5.74) is -0.406. The largest absolute Gasteiger partial charge is 0.481 e. The lowest BCUT2D eigenvalue weighted by Crippen LogP contribution is -2.07. The second-order valence-electron chi connectivity index (χ2n) is 4.32. The first-order chi connectivity index (χ1) is 10.0. The zero-order valence-corrected chi connectivity index (χ0v) is 10.9. The number of hydrogen-bond acceptors (Lipinski definition) is 3. The molecule has 0 N–H and O–H groups in total. The van der Waals surface area contributed by atoms with Gasteiger partial charge in [0.2, 0.25) is 5.88 Å². The molecule has 0 atom stereocenters. The topological polar surface area (TPSA) is 39.4 Å². The Labute approximate surface area is 117 Å². The molecular formula is C14H10F3N3O. The van der Waals surface area contributed by atoms with Crippen LogP contribution in [0.15, 0.2) is 42.5 Å². The summed E-state index contributed by atoms with van der Waals surface area (Å²) < 4.78 is 45.6. The summed E-state index contributed by atoms with van der Waals surface area (Å²) in [6.45, 7) is 0. The van der Waals surface area contributed by atoms with E-state index in [9.17, 15) is 13.2 Å². The highest BCUT2D eigenvalue weighted by Gasteiger charge is 2.34. The van der Waals surface area contributed by atoms with E-state index in [1.165, 1.54) is 29.8 Å². The van der Waals surface area contributed by atoms with E-state index in [1.54, 1.807) is 18.2 Å². The third-order valence-corrected chi connectivity index (χ3v) is 3.01. The molecule has 0 saturated carbocycles. The maximum absolute atomic E-state index is 13.0. The molecule has 0 fully saturated rings. The molecule has 7 heteroatoms. The number of methoxy groups -OCH3 is 1. The average Bonchev–Trinajstić information content (AvgIpc) is 2.90. The summed E-state index contributed by atoms with van der Waals surface area (Å²) in [6.07, 6.45) is -4.46. The molecule has 0 aliphatic rings. The van der Waals surface area contributed by atoms with E-state index in [0.29, 0.717) is 11.5 Å². The Morgan fingerprint density at radius 3 is 2.52 bits per heavy atom. The molecule has 0 unspecified atom stereocenters. The van der Waals surface area contributed by atoms with Crippen molar-refractivity contribution in [1.82, 2.24) is 14.6 Å². The van der Waals surface area contributed by atoms with Gasteiger partial charge >= 0.3 is 6.18 Å². The highest BCUT2D eigenvalue weighted by atomic mass is 19.4. The number of benzene rings is 1. The summed E-state index contributed by atoms with van der Waals surface area (Å²) in [4.78, 5) is 4.14. The fourth-order valence-corrected chi connectivity index (χ4v) is 2.08. The van der Waals surface area contributed by atoms with Crippen molar-refractivity contribution in [3.63, 3.8) is 0 Å². The molecule has 3 aromatic rings. The van der Waals surface area contributed by atoms with Crippen LogP contribution in [0.3, 0.4) is 0 Å². The molecular weight excluding hydrogens is 283 g/mol. The molecule has 0 bridgehead atoms. The number of fused-ring (bicyclic) bond motifs is 1. The predicted molar refractivity (Wildman–Crippen MR) is 70.0 cm³/mol. The fourth-order valence-electron chi connectivity index (χ4n) is 2.08. The normalized spacial score (nSPS) is 11.8. The van der Waals surface area contributed by atoms with Crippen LogP contribution < -0.4 is 4.74 Å². The highest BCUT2D eigenvalue weighted by Crippen LogP contribution is 2.36. The van der Waals surface area contributed by atoms with Gasteiger partial charge in [-0.3, -0.25) is 0 Å². The van der Waals surface area contributed by atoms with Gasteiger partial charge in [-0.1, -0.05) is 24.3 Å². The van der Waals surface area contributed by atoms with Gasteiger partial charge in [-0.25, -0.2) is 4.98 Å². The molecule has 0 aliphatic carbocycles. The number of alkyl halides is 3. The minimum Gasteiger partial charge on any atom is -0.481 e. The Balaban J connectivity index is 2.22. The van der Waals surface area contributed by atoms with Gasteiger partial charge in [-0.05, 0) is 12.1 Å². The zero-order chi connectivity index (χ0) is 15.0. The fraction of sp³-hybridized carbons (Fsp3) is 0.143. The second kappa shape index (κ2) is 4.76.